The fourth-order valence-electron chi connectivity index (χ4n) is 1.93. The summed E-state index contributed by atoms with van der Waals surface area (Å²) in [5, 5.41) is 0.499. The molecule has 0 bridgehead atoms. The molecule has 5 nitrogen and oxygen atoms in total. The van der Waals surface area contributed by atoms with Crippen LogP contribution in [0.3, 0.4) is 0 Å². The van der Waals surface area contributed by atoms with E-state index < -0.39 is 11.6 Å². The molecule has 122 valence electrons. The molecule has 1 aromatic heterocycles. The molecular weight excluding hydrogens is 317 g/mol. The molecule has 0 aliphatic heterocycles. The van der Waals surface area contributed by atoms with Gasteiger partial charge in [0.05, 0.1) is 17.2 Å². The molecule has 0 aliphatic rings. The number of carbonyl (C=O) groups excluding carboxylic acids is 1. The molecule has 0 fully saturated rings. The van der Waals surface area contributed by atoms with Crippen molar-refractivity contribution in [3.8, 4) is 5.75 Å². The number of rotatable bonds is 6. The van der Waals surface area contributed by atoms with E-state index in [1.165, 1.54) is 30.1 Å². The van der Waals surface area contributed by atoms with Gasteiger partial charge in [0, 0.05) is 6.20 Å². The van der Waals surface area contributed by atoms with Crippen molar-refractivity contribution in [2.75, 3.05) is 11.5 Å². The summed E-state index contributed by atoms with van der Waals surface area (Å²) in [6.45, 7) is 5.61. The topological polar surface area (TPSA) is 78.1 Å². The third-order valence-electron chi connectivity index (χ3n) is 2.86. The van der Waals surface area contributed by atoms with Crippen LogP contribution in [0.25, 0.3) is 0 Å². The Bertz CT molecular complexity index is 722. The molecule has 0 saturated heterocycles. The summed E-state index contributed by atoms with van der Waals surface area (Å²) in [6, 6.07) is 3.81. The molecule has 2 rings (SSSR count). The molecule has 0 atom stereocenters. The average molecular weight is 335 g/mol. The van der Waals surface area contributed by atoms with Crippen molar-refractivity contribution in [2.24, 2.45) is 0 Å². The predicted octanol–water partition coefficient (Wildman–Crippen LogP) is 3.33. The van der Waals surface area contributed by atoms with Crippen LogP contribution in [-0.4, -0.2) is 27.6 Å². The van der Waals surface area contributed by atoms with E-state index in [4.69, 9.17) is 10.5 Å². The average Bonchev–Trinajstić information content (AvgIpc) is 2.48. The maximum Gasteiger partial charge on any atom is 0.202 e. The number of anilines is 1. The van der Waals surface area contributed by atoms with Gasteiger partial charge in [-0.25, -0.2) is 14.4 Å². The van der Waals surface area contributed by atoms with E-state index >= 15 is 0 Å². The Morgan fingerprint density at radius 3 is 2.74 bits per heavy atom. The smallest absolute Gasteiger partial charge is 0.202 e. The van der Waals surface area contributed by atoms with Gasteiger partial charge in [0.2, 0.25) is 5.78 Å². The SMILES string of the molecule is CCSc1ncc(C(=O)c2cc(F)ccc2OC(C)C)c(N)n1. The molecule has 23 heavy (non-hydrogen) atoms. The number of ether oxygens (including phenoxy) is 1. The van der Waals surface area contributed by atoms with Crippen LogP contribution in [0.1, 0.15) is 36.7 Å². The highest BCUT2D eigenvalue weighted by Gasteiger charge is 2.20. The van der Waals surface area contributed by atoms with Gasteiger partial charge in [0.1, 0.15) is 17.4 Å². The van der Waals surface area contributed by atoms with Crippen LogP contribution >= 0.6 is 11.8 Å². The van der Waals surface area contributed by atoms with Gasteiger partial charge >= 0.3 is 0 Å². The highest BCUT2D eigenvalue weighted by atomic mass is 32.2. The van der Waals surface area contributed by atoms with Crippen LogP contribution in [0.4, 0.5) is 10.2 Å². The van der Waals surface area contributed by atoms with Crippen LogP contribution in [0.5, 0.6) is 5.75 Å². The summed E-state index contributed by atoms with van der Waals surface area (Å²) in [5.74, 6) is 0.176. The van der Waals surface area contributed by atoms with Crippen LogP contribution in [0.2, 0.25) is 0 Å². The maximum absolute atomic E-state index is 13.6. The summed E-state index contributed by atoms with van der Waals surface area (Å²) in [7, 11) is 0. The first kappa shape index (κ1) is 17.2. The van der Waals surface area contributed by atoms with Gasteiger partial charge in [0.25, 0.3) is 0 Å². The molecule has 0 aliphatic carbocycles. The molecule has 0 saturated carbocycles. The minimum Gasteiger partial charge on any atom is -0.490 e. The summed E-state index contributed by atoms with van der Waals surface area (Å²) in [6.07, 6.45) is 1.22. The van der Waals surface area contributed by atoms with Crippen molar-refractivity contribution in [3.63, 3.8) is 0 Å². The fourth-order valence-corrected chi connectivity index (χ4v) is 2.48. The molecular formula is C16H18FN3O2S. The molecule has 1 aromatic carbocycles. The molecule has 2 N–H and O–H groups in total. The fraction of sp³-hybridized carbons (Fsp3) is 0.312. The number of thioether (sulfide) groups is 1. The Labute approximate surface area is 138 Å². The van der Waals surface area contributed by atoms with Gasteiger partial charge in [-0.2, -0.15) is 0 Å². The number of nitrogen functional groups attached to an aromatic ring is 1. The first-order valence-electron chi connectivity index (χ1n) is 7.18. The second-order valence-electron chi connectivity index (χ2n) is 5.02. The Morgan fingerprint density at radius 2 is 2.13 bits per heavy atom. The van der Waals surface area contributed by atoms with E-state index in [0.29, 0.717) is 10.9 Å². The monoisotopic (exact) mass is 335 g/mol. The van der Waals surface area contributed by atoms with Crippen LogP contribution in [0, 0.1) is 5.82 Å². The summed E-state index contributed by atoms with van der Waals surface area (Å²) < 4.78 is 19.1. The minimum absolute atomic E-state index is 0.0701. The third kappa shape index (κ3) is 4.19. The number of halogens is 1. The van der Waals surface area contributed by atoms with Gasteiger partial charge in [-0.15, -0.1) is 0 Å². The first-order valence-corrected chi connectivity index (χ1v) is 8.17. The highest BCUT2D eigenvalue weighted by molar-refractivity contribution is 7.99. The molecule has 2 aromatic rings. The van der Waals surface area contributed by atoms with Crippen molar-refractivity contribution in [1.29, 1.82) is 0 Å². The van der Waals surface area contributed by atoms with Gasteiger partial charge < -0.3 is 10.5 Å². The van der Waals surface area contributed by atoms with Gasteiger partial charge in [-0.1, -0.05) is 18.7 Å². The molecule has 0 unspecified atom stereocenters. The zero-order valence-electron chi connectivity index (χ0n) is 13.2. The van der Waals surface area contributed by atoms with E-state index in [1.54, 1.807) is 0 Å². The maximum atomic E-state index is 13.6. The Morgan fingerprint density at radius 1 is 1.39 bits per heavy atom. The van der Waals surface area contributed by atoms with Crippen molar-refractivity contribution >= 4 is 23.4 Å². The Balaban J connectivity index is 2.42. The Kier molecular flexibility index (Phi) is 5.54. The molecule has 0 amide bonds. The van der Waals surface area contributed by atoms with Gasteiger partial charge in [-0.05, 0) is 37.8 Å². The van der Waals surface area contributed by atoms with E-state index in [-0.39, 0.29) is 23.0 Å². The van der Waals surface area contributed by atoms with Crippen molar-refractivity contribution in [2.45, 2.75) is 32.0 Å². The number of carbonyl (C=O) groups is 1. The number of nitrogens with zero attached hydrogens (tertiary/aromatic N) is 2. The van der Waals surface area contributed by atoms with Crippen LogP contribution in [-0.2, 0) is 0 Å². The standard InChI is InChI=1S/C16H18FN3O2S/c1-4-23-16-19-8-12(15(18)20-16)14(21)11-7-10(17)5-6-13(11)22-9(2)3/h5-9H,4H2,1-3H3,(H2,18,19,20). The summed E-state index contributed by atoms with van der Waals surface area (Å²) >= 11 is 1.42. The van der Waals surface area contributed by atoms with E-state index in [2.05, 4.69) is 9.97 Å². The molecule has 0 radical (unpaired) electrons. The number of hydrogen-bond acceptors (Lipinski definition) is 6. The van der Waals surface area contributed by atoms with Gasteiger partial charge in [0.15, 0.2) is 5.16 Å². The Hall–Kier alpha value is -2.15. The molecule has 0 spiro atoms. The second kappa shape index (κ2) is 7.41. The van der Waals surface area contributed by atoms with Crippen LogP contribution < -0.4 is 10.5 Å². The number of ketones is 1. The number of benzene rings is 1. The van der Waals surface area contributed by atoms with E-state index in [9.17, 15) is 9.18 Å². The van der Waals surface area contributed by atoms with E-state index in [1.807, 2.05) is 20.8 Å². The number of nitrogens with two attached hydrogens (primary N) is 1. The first-order chi connectivity index (χ1) is 10.9. The predicted molar refractivity (Wildman–Crippen MR) is 88.4 cm³/mol. The lowest BCUT2D eigenvalue weighted by Gasteiger charge is -2.14. The van der Waals surface area contributed by atoms with Crippen molar-refractivity contribution in [1.82, 2.24) is 9.97 Å². The zero-order valence-corrected chi connectivity index (χ0v) is 14.0. The third-order valence-corrected chi connectivity index (χ3v) is 3.61. The van der Waals surface area contributed by atoms with E-state index in [0.717, 1.165) is 11.8 Å². The molecule has 7 heteroatoms. The van der Waals surface area contributed by atoms with Crippen molar-refractivity contribution < 1.29 is 13.9 Å². The zero-order chi connectivity index (χ0) is 17.0. The summed E-state index contributed by atoms with van der Waals surface area (Å²) in [5.41, 5.74) is 6.09. The number of hydrogen-bond donors (Lipinski definition) is 1. The largest absolute Gasteiger partial charge is 0.490 e. The quantitative estimate of drug-likeness (QED) is 0.496. The normalized spacial score (nSPS) is 10.8. The lowest BCUT2D eigenvalue weighted by atomic mass is 10.0. The molecule has 1 heterocycles. The lowest BCUT2D eigenvalue weighted by molar-refractivity contribution is 0.103. The highest BCUT2D eigenvalue weighted by Crippen LogP contribution is 2.26. The van der Waals surface area contributed by atoms with Crippen LogP contribution in [0.15, 0.2) is 29.6 Å². The van der Waals surface area contributed by atoms with Crippen molar-refractivity contribution in [3.05, 3.63) is 41.3 Å². The lowest BCUT2D eigenvalue weighted by Crippen LogP contribution is -2.13. The summed E-state index contributed by atoms with van der Waals surface area (Å²) in [4.78, 5) is 20.9. The second-order valence-corrected chi connectivity index (χ2v) is 6.25. The van der Waals surface area contributed by atoms with Gasteiger partial charge in [-0.3, -0.25) is 4.79 Å². The minimum atomic E-state index is -0.526. The number of aromatic nitrogens is 2.